The Labute approximate surface area is 107 Å². The van der Waals surface area contributed by atoms with E-state index in [1.54, 1.807) is 4.90 Å². The lowest BCUT2D eigenvalue weighted by Gasteiger charge is -2.15. The molecule has 1 heterocycles. The summed E-state index contributed by atoms with van der Waals surface area (Å²) in [6, 6.07) is 4.06. The van der Waals surface area contributed by atoms with Crippen LogP contribution in [0.15, 0.2) is 18.2 Å². The van der Waals surface area contributed by atoms with Crippen LogP contribution in [-0.2, 0) is 0 Å². The molecule has 1 fully saturated rings. The van der Waals surface area contributed by atoms with Crippen molar-refractivity contribution in [1.82, 2.24) is 4.90 Å². The molecule has 16 heavy (non-hydrogen) atoms. The van der Waals surface area contributed by atoms with Crippen molar-refractivity contribution in [3.63, 3.8) is 0 Å². The third-order valence-electron chi connectivity index (χ3n) is 2.58. The first-order chi connectivity index (χ1) is 7.58. The summed E-state index contributed by atoms with van der Waals surface area (Å²) in [5.74, 6) is -0.596. The minimum atomic E-state index is -0.502. The highest BCUT2D eigenvalue weighted by Crippen LogP contribution is 2.21. The molecule has 2 nitrogen and oxygen atoms in total. The second-order valence-corrected chi connectivity index (χ2v) is 5.47. The number of amides is 1. The number of halogens is 3. The number of carbonyl (C=O) groups excluding carboxylic acids is 1. The number of likely N-dealkylation sites (tertiary alicyclic amines) is 1. The second kappa shape index (κ2) is 4.72. The highest BCUT2D eigenvalue weighted by Gasteiger charge is 2.25. The number of alkyl halides is 1. The van der Waals surface area contributed by atoms with Crippen LogP contribution in [-0.4, -0.2) is 28.7 Å². The average Bonchev–Trinajstić information content (AvgIpc) is 2.68. The molecule has 1 aromatic rings. The molecule has 1 atom stereocenters. The standard InChI is InChI=1S/C11H10BrClFNO/c12-8-3-4-15(6-8)11(16)7-1-2-10(14)9(13)5-7/h1-2,5,8H,3-4,6H2. The Balaban J connectivity index is 2.18. The third-order valence-corrected chi connectivity index (χ3v) is 3.62. The molecule has 1 saturated heterocycles. The van der Waals surface area contributed by atoms with Gasteiger partial charge < -0.3 is 4.90 Å². The summed E-state index contributed by atoms with van der Waals surface area (Å²) in [4.78, 5) is 14.1. The van der Waals surface area contributed by atoms with E-state index in [2.05, 4.69) is 15.9 Å². The number of carbonyl (C=O) groups is 1. The van der Waals surface area contributed by atoms with E-state index in [1.165, 1.54) is 18.2 Å². The number of nitrogens with zero attached hydrogens (tertiary/aromatic N) is 1. The van der Waals surface area contributed by atoms with Gasteiger partial charge in [-0.3, -0.25) is 4.79 Å². The highest BCUT2D eigenvalue weighted by atomic mass is 79.9. The van der Waals surface area contributed by atoms with Crippen LogP contribution < -0.4 is 0 Å². The Morgan fingerprint density at radius 1 is 1.56 bits per heavy atom. The molecule has 2 rings (SSSR count). The van der Waals surface area contributed by atoms with Gasteiger partial charge in [-0.2, -0.15) is 0 Å². The maximum Gasteiger partial charge on any atom is 0.253 e. The van der Waals surface area contributed by atoms with Crippen LogP contribution in [0, 0.1) is 5.82 Å². The summed E-state index contributed by atoms with van der Waals surface area (Å²) < 4.78 is 12.9. The Morgan fingerprint density at radius 3 is 2.88 bits per heavy atom. The molecule has 1 amide bonds. The predicted molar refractivity (Wildman–Crippen MR) is 64.6 cm³/mol. The van der Waals surface area contributed by atoms with Crippen LogP contribution in [0.1, 0.15) is 16.8 Å². The average molecular weight is 307 g/mol. The second-order valence-electron chi connectivity index (χ2n) is 3.77. The summed E-state index contributed by atoms with van der Waals surface area (Å²) in [5.41, 5.74) is 0.438. The van der Waals surface area contributed by atoms with Crippen LogP contribution in [0.4, 0.5) is 4.39 Å². The number of rotatable bonds is 1. The van der Waals surface area contributed by atoms with E-state index in [4.69, 9.17) is 11.6 Å². The van der Waals surface area contributed by atoms with Crippen molar-refractivity contribution in [3.05, 3.63) is 34.6 Å². The van der Waals surface area contributed by atoms with Crippen LogP contribution in [0.3, 0.4) is 0 Å². The minimum absolute atomic E-state index is 0.0135. The van der Waals surface area contributed by atoms with Crippen LogP contribution >= 0.6 is 27.5 Å². The fraction of sp³-hybridized carbons (Fsp3) is 0.364. The molecule has 0 saturated carbocycles. The predicted octanol–water partition coefficient (Wildman–Crippen LogP) is 3.09. The first-order valence-corrected chi connectivity index (χ1v) is 6.25. The van der Waals surface area contributed by atoms with Crippen molar-refractivity contribution >= 4 is 33.4 Å². The first-order valence-electron chi connectivity index (χ1n) is 4.96. The Hall–Kier alpha value is -0.610. The van der Waals surface area contributed by atoms with Gasteiger partial charge >= 0.3 is 0 Å². The quantitative estimate of drug-likeness (QED) is 0.730. The van der Waals surface area contributed by atoms with Crippen LogP contribution in [0.2, 0.25) is 5.02 Å². The molecule has 0 radical (unpaired) electrons. The molecule has 1 aliphatic rings. The molecule has 0 bridgehead atoms. The number of benzene rings is 1. The van der Waals surface area contributed by atoms with Crippen molar-refractivity contribution in [2.75, 3.05) is 13.1 Å². The van der Waals surface area contributed by atoms with Gasteiger partial charge in [0.2, 0.25) is 0 Å². The lowest BCUT2D eigenvalue weighted by atomic mass is 10.2. The van der Waals surface area contributed by atoms with E-state index in [1.807, 2.05) is 0 Å². The van der Waals surface area contributed by atoms with Gasteiger partial charge in [-0.1, -0.05) is 27.5 Å². The minimum Gasteiger partial charge on any atom is -0.337 e. The van der Waals surface area contributed by atoms with Crippen molar-refractivity contribution in [3.8, 4) is 0 Å². The molecule has 0 spiro atoms. The molecular formula is C11H10BrClFNO. The molecule has 0 aromatic heterocycles. The van der Waals surface area contributed by atoms with Gasteiger partial charge in [-0.05, 0) is 24.6 Å². The van der Waals surface area contributed by atoms with Crippen molar-refractivity contribution in [2.45, 2.75) is 11.2 Å². The first kappa shape index (κ1) is 11.9. The molecular weight excluding hydrogens is 296 g/mol. The van der Waals surface area contributed by atoms with Gasteiger partial charge in [0.25, 0.3) is 5.91 Å². The van der Waals surface area contributed by atoms with Crippen molar-refractivity contribution < 1.29 is 9.18 Å². The molecule has 86 valence electrons. The van der Waals surface area contributed by atoms with E-state index >= 15 is 0 Å². The zero-order valence-corrected chi connectivity index (χ0v) is 10.8. The van der Waals surface area contributed by atoms with E-state index in [0.717, 1.165) is 13.0 Å². The van der Waals surface area contributed by atoms with E-state index in [0.29, 0.717) is 16.9 Å². The van der Waals surface area contributed by atoms with Gasteiger partial charge in [0.05, 0.1) is 5.02 Å². The van der Waals surface area contributed by atoms with Crippen LogP contribution in [0.5, 0.6) is 0 Å². The Morgan fingerprint density at radius 2 is 2.31 bits per heavy atom. The Bertz CT molecular complexity index is 426. The fourth-order valence-corrected chi connectivity index (χ4v) is 2.45. The van der Waals surface area contributed by atoms with Crippen molar-refractivity contribution in [1.29, 1.82) is 0 Å². The summed E-state index contributed by atoms with van der Waals surface area (Å²) in [5, 5.41) is -0.0135. The number of hydrogen-bond donors (Lipinski definition) is 0. The van der Waals surface area contributed by atoms with Gasteiger partial charge in [0.1, 0.15) is 5.82 Å². The lowest BCUT2D eigenvalue weighted by molar-refractivity contribution is 0.0793. The molecule has 0 aliphatic carbocycles. The molecule has 1 aromatic carbocycles. The zero-order valence-electron chi connectivity index (χ0n) is 8.42. The SMILES string of the molecule is O=C(c1ccc(F)c(Cl)c1)N1CCC(Br)C1. The summed E-state index contributed by atoms with van der Waals surface area (Å²) in [6.45, 7) is 1.41. The van der Waals surface area contributed by atoms with Gasteiger partial charge in [-0.15, -0.1) is 0 Å². The van der Waals surface area contributed by atoms with E-state index < -0.39 is 5.82 Å². The smallest absolute Gasteiger partial charge is 0.253 e. The molecule has 1 unspecified atom stereocenters. The van der Waals surface area contributed by atoms with Crippen molar-refractivity contribution in [2.24, 2.45) is 0 Å². The monoisotopic (exact) mass is 305 g/mol. The lowest BCUT2D eigenvalue weighted by Crippen LogP contribution is -2.28. The van der Waals surface area contributed by atoms with Crippen LogP contribution in [0.25, 0.3) is 0 Å². The normalized spacial score (nSPS) is 20.2. The van der Waals surface area contributed by atoms with Gasteiger partial charge in [-0.25, -0.2) is 4.39 Å². The maximum absolute atomic E-state index is 12.9. The van der Waals surface area contributed by atoms with Gasteiger partial charge in [0.15, 0.2) is 0 Å². The van der Waals surface area contributed by atoms with Gasteiger partial charge in [0, 0.05) is 23.5 Å². The zero-order chi connectivity index (χ0) is 11.7. The Kier molecular flexibility index (Phi) is 3.50. The fourth-order valence-electron chi connectivity index (χ4n) is 1.71. The molecule has 0 N–H and O–H groups in total. The molecule has 1 aliphatic heterocycles. The largest absolute Gasteiger partial charge is 0.337 e. The molecule has 5 heteroatoms. The highest BCUT2D eigenvalue weighted by molar-refractivity contribution is 9.09. The third kappa shape index (κ3) is 2.38. The summed E-state index contributed by atoms with van der Waals surface area (Å²) in [6.07, 6.45) is 0.945. The van der Waals surface area contributed by atoms with E-state index in [-0.39, 0.29) is 10.9 Å². The number of hydrogen-bond acceptors (Lipinski definition) is 1. The topological polar surface area (TPSA) is 20.3 Å². The summed E-state index contributed by atoms with van der Waals surface area (Å²) in [7, 11) is 0. The maximum atomic E-state index is 12.9. The van der Waals surface area contributed by atoms with E-state index in [9.17, 15) is 9.18 Å². The summed E-state index contributed by atoms with van der Waals surface area (Å²) >= 11 is 9.10.